The topological polar surface area (TPSA) is 83.9 Å². The van der Waals surface area contributed by atoms with Gasteiger partial charge in [0.05, 0.1) is 17.7 Å². The molecule has 0 aliphatic carbocycles. The third-order valence-corrected chi connectivity index (χ3v) is 2.55. The molecule has 18 heavy (non-hydrogen) atoms. The number of fused-ring (bicyclic) bond motifs is 1. The summed E-state index contributed by atoms with van der Waals surface area (Å²) in [5.74, 6) is -1.90. The van der Waals surface area contributed by atoms with E-state index in [4.69, 9.17) is 0 Å². The molecule has 2 amide bonds. The summed E-state index contributed by atoms with van der Waals surface area (Å²) in [5.41, 5.74) is 0.284. The second kappa shape index (κ2) is 4.48. The van der Waals surface area contributed by atoms with Crippen LogP contribution in [0.1, 0.15) is 27.6 Å². The largest absolute Gasteiger partial charge is 0.508 e. The van der Waals surface area contributed by atoms with Crippen LogP contribution in [0.2, 0.25) is 0 Å². The van der Waals surface area contributed by atoms with Crippen LogP contribution in [-0.2, 0) is 9.53 Å². The minimum atomic E-state index is -0.642. The molecule has 1 aromatic rings. The number of phenols is 1. The molecule has 1 aliphatic heterocycles. The lowest BCUT2D eigenvalue weighted by molar-refractivity contribution is -0.143. The number of imide groups is 1. The van der Waals surface area contributed by atoms with Gasteiger partial charge in [0.2, 0.25) is 0 Å². The summed E-state index contributed by atoms with van der Waals surface area (Å²) in [4.78, 5) is 35.9. The van der Waals surface area contributed by atoms with Gasteiger partial charge in [-0.2, -0.15) is 0 Å². The maximum Gasteiger partial charge on any atom is 0.326 e. The number of aromatic hydroxyl groups is 1. The Kier molecular flexibility index (Phi) is 3.01. The number of nitrogens with zero attached hydrogens (tertiary/aromatic N) is 1. The summed E-state index contributed by atoms with van der Waals surface area (Å²) >= 11 is 0. The highest BCUT2D eigenvalue weighted by molar-refractivity contribution is 6.22. The van der Waals surface area contributed by atoms with Crippen LogP contribution in [0.3, 0.4) is 0 Å². The average molecular weight is 249 g/mol. The van der Waals surface area contributed by atoms with Gasteiger partial charge in [0.1, 0.15) is 12.3 Å². The van der Waals surface area contributed by atoms with Crippen LogP contribution in [0.15, 0.2) is 18.2 Å². The van der Waals surface area contributed by atoms with Crippen molar-refractivity contribution in [1.82, 2.24) is 4.90 Å². The van der Waals surface area contributed by atoms with E-state index in [1.165, 1.54) is 18.2 Å². The summed E-state index contributed by atoms with van der Waals surface area (Å²) in [6.07, 6.45) is 0. The molecule has 1 heterocycles. The van der Waals surface area contributed by atoms with Gasteiger partial charge in [-0.1, -0.05) is 0 Å². The van der Waals surface area contributed by atoms with E-state index in [0.717, 1.165) is 4.90 Å². The zero-order valence-corrected chi connectivity index (χ0v) is 9.67. The quantitative estimate of drug-likeness (QED) is 0.624. The molecule has 2 rings (SSSR count). The van der Waals surface area contributed by atoms with Crippen molar-refractivity contribution in [3.63, 3.8) is 0 Å². The standard InChI is InChI=1S/C12H11NO5/c1-2-18-10(15)6-13-11(16)8-4-3-7(14)5-9(8)12(13)17/h3-5,14H,2,6H2,1H3. The van der Waals surface area contributed by atoms with Gasteiger partial charge in [-0.3, -0.25) is 19.3 Å². The molecule has 0 saturated heterocycles. The Morgan fingerprint density at radius 1 is 1.28 bits per heavy atom. The van der Waals surface area contributed by atoms with Gasteiger partial charge in [0, 0.05) is 0 Å². The number of carbonyl (C=O) groups is 3. The summed E-state index contributed by atoms with van der Waals surface area (Å²) < 4.78 is 4.69. The van der Waals surface area contributed by atoms with Gasteiger partial charge in [0.15, 0.2) is 0 Å². The molecular formula is C12H11NO5. The molecular weight excluding hydrogens is 238 g/mol. The van der Waals surface area contributed by atoms with Crippen LogP contribution in [-0.4, -0.2) is 40.9 Å². The Labute approximate surface area is 103 Å². The summed E-state index contributed by atoms with van der Waals surface area (Å²) in [7, 11) is 0. The van der Waals surface area contributed by atoms with Crippen LogP contribution >= 0.6 is 0 Å². The second-order valence-electron chi connectivity index (χ2n) is 3.73. The highest BCUT2D eigenvalue weighted by atomic mass is 16.5. The molecule has 0 saturated carbocycles. The van der Waals surface area contributed by atoms with Crippen molar-refractivity contribution in [2.45, 2.75) is 6.92 Å². The highest BCUT2D eigenvalue weighted by Gasteiger charge is 2.37. The first-order valence-corrected chi connectivity index (χ1v) is 5.39. The molecule has 0 aromatic heterocycles. The highest BCUT2D eigenvalue weighted by Crippen LogP contribution is 2.25. The molecule has 1 aromatic carbocycles. The van der Waals surface area contributed by atoms with Crippen molar-refractivity contribution in [3.05, 3.63) is 29.3 Å². The van der Waals surface area contributed by atoms with Gasteiger partial charge in [0.25, 0.3) is 11.8 Å². The van der Waals surface area contributed by atoms with E-state index in [-0.39, 0.29) is 23.5 Å². The summed E-state index contributed by atoms with van der Waals surface area (Å²) in [6.45, 7) is 1.40. The number of benzene rings is 1. The molecule has 1 N–H and O–H groups in total. The van der Waals surface area contributed by atoms with Crippen molar-refractivity contribution >= 4 is 17.8 Å². The first-order chi connectivity index (χ1) is 8.54. The zero-order valence-electron chi connectivity index (χ0n) is 9.67. The molecule has 0 bridgehead atoms. The maximum absolute atomic E-state index is 11.9. The lowest BCUT2D eigenvalue weighted by Gasteiger charge is -2.12. The minimum absolute atomic E-state index is 0.101. The Morgan fingerprint density at radius 3 is 2.61 bits per heavy atom. The number of carbonyl (C=O) groups excluding carboxylic acids is 3. The van der Waals surface area contributed by atoms with E-state index >= 15 is 0 Å². The first-order valence-electron chi connectivity index (χ1n) is 5.39. The molecule has 0 spiro atoms. The fourth-order valence-electron chi connectivity index (χ4n) is 1.76. The fourth-order valence-corrected chi connectivity index (χ4v) is 1.76. The van der Waals surface area contributed by atoms with Crippen LogP contribution < -0.4 is 0 Å². The Balaban J connectivity index is 2.26. The molecule has 1 aliphatic rings. The fraction of sp³-hybridized carbons (Fsp3) is 0.250. The number of rotatable bonds is 3. The maximum atomic E-state index is 11.9. The van der Waals surface area contributed by atoms with Crippen LogP contribution in [0, 0.1) is 0 Å². The summed E-state index contributed by atoms with van der Waals surface area (Å²) in [6, 6.07) is 3.88. The van der Waals surface area contributed by atoms with E-state index in [1.807, 2.05) is 0 Å². The molecule has 6 heteroatoms. The summed E-state index contributed by atoms with van der Waals surface area (Å²) in [5, 5.41) is 9.28. The number of ether oxygens (including phenoxy) is 1. The second-order valence-corrected chi connectivity index (χ2v) is 3.73. The van der Waals surface area contributed by atoms with Gasteiger partial charge in [-0.15, -0.1) is 0 Å². The Morgan fingerprint density at radius 2 is 1.94 bits per heavy atom. The van der Waals surface area contributed by atoms with Gasteiger partial charge >= 0.3 is 5.97 Å². The number of amides is 2. The lowest BCUT2D eigenvalue weighted by Crippen LogP contribution is -2.35. The molecule has 6 nitrogen and oxygen atoms in total. The molecule has 94 valence electrons. The molecule has 0 unspecified atom stereocenters. The van der Waals surface area contributed by atoms with Crippen molar-refractivity contribution in [1.29, 1.82) is 0 Å². The van der Waals surface area contributed by atoms with Crippen molar-refractivity contribution < 1.29 is 24.2 Å². The molecule has 0 atom stereocenters. The normalized spacial score (nSPS) is 13.7. The van der Waals surface area contributed by atoms with E-state index < -0.39 is 24.3 Å². The zero-order chi connectivity index (χ0) is 13.3. The number of esters is 1. The predicted octanol–water partition coefficient (Wildman–Crippen LogP) is 0.551. The van der Waals surface area contributed by atoms with E-state index in [9.17, 15) is 19.5 Å². The van der Waals surface area contributed by atoms with E-state index in [1.54, 1.807) is 6.92 Å². The van der Waals surface area contributed by atoms with E-state index in [0.29, 0.717) is 0 Å². The third kappa shape index (κ3) is 1.92. The minimum Gasteiger partial charge on any atom is -0.508 e. The smallest absolute Gasteiger partial charge is 0.326 e. The molecule has 0 radical (unpaired) electrons. The van der Waals surface area contributed by atoms with Crippen molar-refractivity contribution in [2.24, 2.45) is 0 Å². The third-order valence-electron chi connectivity index (χ3n) is 2.55. The average Bonchev–Trinajstić information content (AvgIpc) is 2.55. The van der Waals surface area contributed by atoms with Crippen LogP contribution in [0.4, 0.5) is 0 Å². The van der Waals surface area contributed by atoms with Crippen molar-refractivity contribution in [2.75, 3.05) is 13.2 Å². The number of hydrogen-bond acceptors (Lipinski definition) is 5. The molecule has 0 fully saturated rings. The number of hydrogen-bond donors (Lipinski definition) is 1. The van der Waals surface area contributed by atoms with Crippen LogP contribution in [0.25, 0.3) is 0 Å². The monoisotopic (exact) mass is 249 g/mol. The van der Waals surface area contributed by atoms with Gasteiger partial charge in [-0.25, -0.2) is 0 Å². The predicted molar refractivity (Wildman–Crippen MR) is 60.1 cm³/mol. The first kappa shape index (κ1) is 12.1. The lowest BCUT2D eigenvalue weighted by atomic mass is 10.1. The Hall–Kier alpha value is -2.37. The SMILES string of the molecule is CCOC(=O)CN1C(=O)c2ccc(O)cc2C1=O. The van der Waals surface area contributed by atoms with Gasteiger partial charge in [-0.05, 0) is 25.1 Å². The number of phenolic OH excluding ortho intramolecular Hbond substituents is 1. The Bertz CT molecular complexity index is 537. The van der Waals surface area contributed by atoms with Crippen molar-refractivity contribution in [3.8, 4) is 5.75 Å². The van der Waals surface area contributed by atoms with Crippen LogP contribution in [0.5, 0.6) is 5.75 Å². The van der Waals surface area contributed by atoms with Gasteiger partial charge < -0.3 is 9.84 Å². The van der Waals surface area contributed by atoms with E-state index in [2.05, 4.69) is 4.74 Å².